The smallest absolute Gasteiger partial charge is 0.0824 e. The van der Waals surface area contributed by atoms with Crippen molar-refractivity contribution in [1.82, 2.24) is 5.32 Å². The lowest BCUT2D eigenvalue weighted by Crippen LogP contribution is -2.48. The predicted molar refractivity (Wildman–Crippen MR) is 49.9 cm³/mol. The van der Waals surface area contributed by atoms with Crippen LogP contribution >= 0.6 is 0 Å². The second-order valence-corrected chi connectivity index (χ2v) is 2.96. The number of hydrogen-bond acceptors (Lipinski definition) is 4. The van der Waals surface area contributed by atoms with E-state index < -0.39 is 0 Å². The van der Waals surface area contributed by atoms with Crippen LogP contribution in [0.25, 0.3) is 0 Å². The third kappa shape index (κ3) is 5.21. The first kappa shape index (κ1) is 10.9. The Bertz CT molecular complexity index is 117. The standard InChI is InChI=1S/C9H19NO3/c1-2-11-3-4-12-5-6-13-9-7-10-8-9/h9-10H,2-8H2,1H3. The predicted octanol–water partition coefficient (Wildman–Crippen LogP) is 0.0279. The molecular formula is C9H19NO3. The zero-order chi connectivity index (χ0) is 9.36. The van der Waals surface area contributed by atoms with E-state index in [0.29, 0.717) is 32.5 Å². The van der Waals surface area contributed by atoms with Crippen molar-refractivity contribution in [2.45, 2.75) is 13.0 Å². The van der Waals surface area contributed by atoms with Gasteiger partial charge in [-0.05, 0) is 6.92 Å². The van der Waals surface area contributed by atoms with Crippen LogP contribution in [0.1, 0.15) is 6.92 Å². The van der Waals surface area contributed by atoms with Crippen LogP contribution in [0.15, 0.2) is 0 Å². The molecule has 0 aromatic carbocycles. The van der Waals surface area contributed by atoms with Crippen molar-refractivity contribution in [3.63, 3.8) is 0 Å². The molecule has 13 heavy (non-hydrogen) atoms. The molecule has 0 atom stereocenters. The lowest BCUT2D eigenvalue weighted by atomic mass is 10.2. The van der Waals surface area contributed by atoms with Crippen molar-refractivity contribution in [2.24, 2.45) is 0 Å². The van der Waals surface area contributed by atoms with Gasteiger partial charge in [-0.15, -0.1) is 0 Å². The molecule has 0 aromatic rings. The molecule has 0 bridgehead atoms. The summed E-state index contributed by atoms with van der Waals surface area (Å²) in [5.74, 6) is 0. The minimum Gasteiger partial charge on any atom is -0.379 e. The van der Waals surface area contributed by atoms with Gasteiger partial charge < -0.3 is 19.5 Å². The fraction of sp³-hybridized carbons (Fsp3) is 1.00. The van der Waals surface area contributed by atoms with Crippen molar-refractivity contribution in [3.05, 3.63) is 0 Å². The Morgan fingerprint density at radius 1 is 1.08 bits per heavy atom. The summed E-state index contributed by atoms with van der Waals surface area (Å²) in [6.07, 6.45) is 0.412. The highest BCUT2D eigenvalue weighted by atomic mass is 16.5. The van der Waals surface area contributed by atoms with Crippen molar-refractivity contribution in [2.75, 3.05) is 46.1 Å². The summed E-state index contributed by atoms with van der Waals surface area (Å²) in [5, 5.41) is 3.14. The molecule has 1 aliphatic rings. The number of hydrogen-bond donors (Lipinski definition) is 1. The van der Waals surface area contributed by atoms with Gasteiger partial charge in [-0.2, -0.15) is 0 Å². The molecule has 1 N–H and O–H groups in total. The molecule has 1 rings (SSSR count). The summed E-state index contributed by atoms with van der Waals surface area (Å²) >= 11 is 0. The summed E-state index contributed by atoms with van der Waals surface area (Å²) in [5.41, 5.74) is 0. The topological polar surface area (TPSA) is 39.7 Å². The van der Waals surface area contributed by atoms with E-state index in [9.17, 15) is 0 Å². The molecule has 0 saturated carbocycles. The van der Waals surface area contributed by atoms with Crippen LogP contribution in [-0.2, 0) is 14.2 Å². The Balaban J connectivity index is 1.68. The first-order chi connectivity index (χ1) is 6.43. The molecule has 0 unspecified atom stereocenters. The van der Waals surface area contributed by atoms with E-state index in [0.717, 1.165) is 19.7 Å². The minimum atomic E-state index is 0.412. The zero-order valence-electron chi connectivity index (χ0n) is 8.25. The van der Waals surface area contributed by atoms with Crippen LogP contribution in [0.5, 0.6) is 0 Å². The van der Waals surface area contributed by atoms with Gasteiger partial charge in [0, 0.05) is 19.7 Å². The Morgan fingerprint density at radius 2 is 1.77 bits per heavy atom. The monoisotopic (exact) mass is 189 g/mol. The first-order valence-corrected chi connectivity index (χ1v) is 4.91. The second-order valence-electron chi connectivity index (χ2n) is 2.96. The van der Waals surface area contributed by atoms with Crippen molar-refractivity contribution >= 4 is 0 Å². The average Bonchev–Trinajstić information content (AvgIpc) is 2.07. The van der Waals surface area contributed by atoms with Gasteiger partial charge in [0.05, 0.1) is 32.5 Å². The van der Waals surface area contributed by atoms with Crippen molar-refractivity contribution < 1.29 is 14.2 Å². The van der Waals surface area contributed by atoms with Gasteiger partial charge in [0.15, 0.2) is 0 Å². The fourth-order valence-electron chi connectivity index (χ4n) is 1.02. The van der Waals surface area contributed by atoms with Gasteiger partial charge in [0.2, 0.25) is 0 Å². The number of nitrogens with one attached hydrogen (secondary N) is 1. The minimum absolute atomic E-state index is 0.412. The molecule has 0 amide bonds. The van der Waals surface area contributed by atoms with Crippen LogP contribution in [0, 0.1) is 0 Å². The molecule has 1 heterocycles. The van der Waals surface area contributed by atoms with Gasteiger partial charge in [-0.1, -0.05) is 0 Å². The van der Waals surface area contributed by atoms with E-state index in [2.05, 4.69) is 5.32 Å². The molecule has 0 aliphatic carbocycles. The summed E-state index contributed by atoms with van der Waals surface area (Å²) in [6, 6.07) is 0. The van der Waals surface area contributed by atoms with Gasteiger partial charge in [-0.3, -0.25) is 0 Å². The molecule has 0 radical (unpaired) electrons. The van der Waals surface area contributed by atoms with E-state index in [1.54, 1.807) is 0 Å². The first-order valence-electron chi connectivity index (χ1n) is 4.91. The fourth-order valence-corrected chi connectivity index (χ4v) is 1.02. The number of ether oxygens (including phenoxy) is 3. The summed E-state index contributed by atoms with van der Waals surface area (Å²) in [4.78, 5) is 0. The molecule has 4 heteroatoms. The summed E-state index contributed by atoms with van der Waals surface area (Å²) in [7, 11) is 0. The molecular weight excluding hydrogens is 170 g/mol. The van der Waals surface area contributed by atoms with Crippen LogP contribution in [-0.4, -0.2) is 52.2 Å². The quantitative estimate of drug-likeness (QED) is 0.547. The van der Waals surface area contributed by atoms with Crippen LogP contribution in [0.2, 0.25) is 0 Å². The Morgan fingerprint density at radius 3 is 2.38 bits per heavy atom. The largest absolute Gasteiger partial charge is 0.379 e. The van der Waals surface area contributed by atoms with Crippen LogP contribution in [0.3, 0.4) is 0 Å². The van der Waals surface area contributed by atoms with E-state index in [1.807, 2.05) is 6.92 Å². The lowest BCUT2D eigenvalue weighted by Gasteiger charge is -2.26. The SMILES string of the molecule is CCOCCOCCOC1CNC1. The maximum Gasteiger partial charge on any atom is 0.0824 e. The molecule has 1 saturated heterocycles. The molecule has 0 spiro atoms. The molecule has 4 nitrogen and oxygen atoms in total. The van der Waals surface area contributed by atoms with Gasteiger partial charge in [0.1, 0.15) is 0 Å². The highest BCUT2D eigenvalue weighted by molar-refractivity contribution is 4.74. The van der Waals surface area contributed by atoms with Crippen LogP contribution < -0.4 is 5.32 Å². The zero-order valence-corrected chi connectivity index (χ0v) is 8.25. The van der Waals surface area contributed by atoms with E-state index in [1.165, 1.54) is 0 Å². The maximum atomic E-state index is 5.46. The number of rotatable bonds is 8. The van der Waals surface area contributed by atoms with Crippen molar-refractivity contribution in [1.29, 1.82) is 0 Å². The van der Waals surface area contributed by atoms with Crippen LogP contribution in [0.4, 0.5) is 0 Å². The Hall–Kier alpha value is -0.160. The summed E-state index contributed by atoms with van der Waals surface area (Å²) < 4.78 is 15.9. The van der Waals surface area contributed by atoms with E-state index in [-0.39, 0.29) is 0 Å². The highest BCUT2D eigenvalue weighted by Crippen LogP contribution is 1.96. The molecule has 0 aromatic heterocycles. The highest BCUT2D eigenvalue weighted by Gasteiger charge is 2.15. The Labute approximate surface area is 79.5 Å². The molecule has 1 aliphatic heterocycles. The average molecular weight is 189 g/mol. The van der Waals surface area contributed by atoms with Gasteiger partial charge >= 0.3 is 0 Å². The third-order valence-electron chi connectivity index (χ3n) is 1.90. The lowest BCUT2D eigenvalue weighted by molar-refractivity contribution is -0.0262. The van der Waals surface area contributed by atoms with Gasteiger partial charge in [-0.25, -0.2) is 0 Å². The molecule has 78 valence electrons. The Kier molecular flexibility index (Phi) is 6.10. The van der Waals surface area contributed by atoms with E-state index >= 15 is 0 Å². The third-order valence-corrected chi connectivity index (χ3v) is 1.90. The molecule has 1 fully saturated rings. The van der Waals surface area contributed by atoms with Crippen molar-refractivity contribution in [3.8, 4) is 0 Å². The second kappa shape index (κ2) is 7.26. The van der Waals surface area contributed by atoms with Gasteiger partial charge in [0.25, 0.3) is 0 Å². The van der Waals surface area contributed by atoms with E-state index in [4.69, 9.17) is 14.2 Å². The summed E-state index contributed by atoms with van der Waals surface area (Å²) in [6.45, 7) is 7.42. The normalized spacial score (nSPS) is 17.3. The maximum absolute atomic E-state index is 5.46.